The highest BCUT2D eigenvalue weighted by Crippen LogP contribution is 2.18. The molecule has 1 rings (SSSR count). The van der Waals surface area contributed by atoms with Gasteiger partial charge < -0.3 is 9.84 Å². The number of methoxy groups -OCH3 is 1. The highest BCUT2D eigenvalue weighted by molar-refractivity contribution is 5.73. The third-order valence-electron chi connectivity index (χ3n) is 3.37. The van der Waals surface area contributed by atoms with E-state index in [4.69, 9.17) is 4.74 Å². The predicted octanol–water partition coefficient (Wildman–Crippen LogP) is 1.74. The van der Waals surface area contributed by atoms with Gasteiger partial charge in [0.2, 0.25) is 0 Å². The van der Waals surface area contributed by atoms with Crippen molar-refractivity contribution in [1.29, 1.82) is 0 Å². The van der Waals surface area contributed by atoms with Crippen LogP contribution in [-0.4, -0.2) is 48.3 Å². The number of carboxylic acids is 1. The number of likely N-dealkylation sites (tertiary alicyclic amines) is 1. The number of ether oxygens (including phenoxy) is 1. The number of carboxylic acid groups (broad SMARTS) is 1. The zero-order chi connectivity index (χ0) is 12.0. The van der Waals surface area contributed by atoms with E-state index in [9.17, 15) is 9.90 Å². The fraction of sp³-hybridized carbons (Fsp3) is 0.917. The molecule has 94 valence electrons. The van der Waals surface area contributed by atoms with Crippen molar-refractivity contribution in [3.8, 4) is 0 Å². The lowest BCUT2D eigenvalue weighted by Gasteiger charge is -2.35. The summed E-state index contributed by atoms with van der Waals surface area (Å²) in [5, 5.41) is 9.20. The fourth-order valence-corrected chi connectivity index (χ4v) is 2.28. The Bertz CT molecular complexity index is 212. The zero-order valence-electron chi connectivity index (χ0n) is 10.3. The SMILES string of the molecule is CCCCC(C(=O)O)N1CCC(OC)CC1. The van der Waals surface area contributed by atoms with Crippen LogP contribution in [0.3, 0.4) is 0 Å². The highest BCUT2D eigenvalue weighted by Gasteiger charge is 2.28. The minimum absolute atomic E-state index is 0.294. The van der Waals surface area contributed by atoms with Gasteiger partial charge in [-0.15, -0.1) is 0 Å². The molecule has 1 atom stereocenters. The molecule has 1 heterocycles. The van der Waals surface area contributed by atoms with E-state index in [1.807, 2.05) is 0 Å². The average Bonchev–Trinajstić information content (AvgIpc) is 2.30. The second-order valence-electron chi connectivity index (χ2n) is 4.47. The molecule has 0 aromatic carbocycles. The summed E-state index contributed by atoms with van der Waals surface area (Å²) >= 11 is 0. The number of hydrogen-bond acceptors (Lipinski definition) is 3. The van der Waals surface area contributed by atoms with E-state index in [-0.39, 0.29) is 6.04 Å². The van der Waals surface area contributed by atoms with E-state index in [2.05, 4.69) is 11.8 Å². The number of unbranched alkanes of at least 4 members (excludes halogenated alkanes) is 1. The molecule has 4 heteroatoms. The molecule has 1 fully saturated rings. The molecule has 0 aliphatic carbocycles. The molecule has 1 aliphatic rings. The van der Waals surface area contributed by atoms with E-state index < -0.39 is 5.97 Å². The molecular weight excluding hydrogens is 206 g/mol. The van der Waals surface area contributed by atoms with Gasteiger partial charge in [0.25, 0.3) is 0 Å². The number of aliphatic carboxylic acids is 1. The quantitative estimate of drug-likeness (QED) is 0.753. The van der Waals surface area contributed by atoms with E-state index in [0.29, 0.717) is 6.10 Å². The Labute approximate surface area is 97.6 Å². The van der Waals surface area contributed by atoms with Crippen molar-refractivity contribution in [2.24, 2.45) is 0 Å². The van der Waals surface area contributed by atoms with Crippen LogP contribution in [0.2, 0.25) is 0 Å². The molecule has 0 bridgehead atoms. The van der Waals surface area contributed by atoms with Gasteiger partial charge in [-0.05, 0) is 19.3 Å². The molecule has 0 aromatic rings. The zero-order valence-corrected chi connectivity index (χ0v) is 10.3. The topological polar surface area (TPSA) is 49.8 Å². The van der Waals surface area contributed by atoms with Crippen LogP contribution >= 0.6 is 0 Å². The monoisotopic (exact) mass is 229 g/mol. The van der Waals surface area contributed by atoms with Gasteiger partial charge in [-0.3, -0.25) is 9.69 Å². The Hall–Kier alpha value is -0.610. The minimum Gasteiger partial charge on any atom is -0.480 e. The molecular formula is C12H23NO3. The fourth-order valence-electron chi connectivity index (χ4n) is 2.28. The number of nitrogens with zero attached hydrogens (tertiary/aromatic N) is 1. The van der Waals surface area contributed by atoms with Gasteiger partial charge in [0, 0.05) is 20.2 Å². The molecule has 0 saturated carbocycles. The Balaban J connectivity index is 2.43. The van der Waals surface area contributed by atoms with Gasteiger partial charge in [-0.1, -0.05) is 19.8 Å². The lowest BCUT2D eigenvalue weighted by Crippen LogP contribution is -2.46. The normalized spacial score (nSPS) is 20.9. The van der Waals surface area contributed by atoms with E-state index in [0.717, 1.165) is 45.2 Å². The van der Waals surface area contributed by atoms with Gasteiger partial charge >= 0.3 is 5.97 Å². The summed E-state index contributed by atoms with van der Waals surface area (Å²) in [7, 11) is 1.73. The molecule has 0 spiro atoms. The third kappa shape index (κ3) is 3.76. The maximum atomic E-state index is 11.2. The first-order chi connectivity index (χ1) is 7.69. The van der Waals surface area contributed by atoms with Gasteiger partial charge in [-0.2, -0.15) is 0 Å². The average molecular weight is 229 g/mol. The Morgan fingerprint density at radius 3 is 2.56 bits per heavy atom. The van der Waals surface area contributed by atoms with Crippen molar-refractivity contribution in [1.82, 2.24) is 4.90 Å². The van der Waals surface area contributed by atoms with Crippen molar-refractivity contribution in [3.63, 3.8) is 0 Å². The van der Waals surface area contributed by atoms with Crippen molar-refractivity contribution in [2.75, 3.05) is 20.2 Å². The standard InChI is InChI=1S/C12H23NO3/c1-3-4-5-11(12(14)15)13-8-6-10(16-2)7-9-13/h10-11H,3-9H2,1-2H3,(H,14,15). The third-order valence-corrected chi connectivity index (χ3v) is 3.37. The van der Waals surface area contributed by atoms with Crippen LogP contribution in [0.25, 0.3) is 0 Å². The van der Waals surface area contributed by atoms with Crippen molar-refractivity contribution < 1.29 is 14.6 Å². The van der Waals surface area contributed by atoms with Gasteiger partial charge in [0.05, 0.1) is 6.10 Å². The number of rotatable bonds is 6. The summed E-state index contributed by atoms with van der Waals surface area (Å²) < 4.78 is 5.29. The Morgan fingerprint density at radius 2 is 2.12 bits per heavy atom. The van der Waals surface area contributed by atoms with E-state index in [1.165, 1.54) is 0 Å². The molecule has 0 aromatic heterocycles. The number of carbonyl (C=O) groups is 1. The maximum Gasteiger partial charge on any atom is 0.320 e. The van der Waals surface area contributed by atoms with Crippen LogP contribution in [0.1, 0.15) is 39.0 Å². The summed E-state index contributed by atoms with van der Waals surface area (Å²) in [5.41, 5.74) is 0. The second-order valence-corrected chi connectivity index (χ2v) is 4.47. The summed E-state index contributed by atoms with van der Waals surface area (Å²) in [6.07, 6.45) is 5.03. The van der Waals surface area contributed by atoms with Crippen LogP contribution in [-0.2, 0) is 9.53 Å². The smallest absolute Gasteiger partial charge is 0.320 e. The van der Waals surface area contributed by atoms with E-state index >= 15 is 0 Å². The second kappa shape index (κ2) is 6.86. The van der Waals surface area contributed by atoms with Crippen LogP contribution in [0, 0.1) is 0 Å². The highest BCUT2D eigenvalue weighted by atomic mass is 16.5. The van der Waals surface area contributed by atoms with Crippen molar-refractivity contribution >= 4 is 5.97 Å². The Morgan fingerprint density at radius 1 is 1.50 bits per heavy atom. The van der Waals surface area contributed by atoms with Crippen LogP contribution in [0.15, 0.2) is 0 Å². The van der Waals surface area contributed by atoms with Crippen LogP contribution in [0.4, 0.5) is 0 Å². The van der Waals surface area contributed by atoms with Crippen LogP contribution < -0.4 is 0 Å². The molecule has 4 nitrogen and oxygen atoms in total. The summed E-state index contributed by atoms with van der Waals surface area (Å²) in [4.78, 5) is 13.3. The summed E-state index contributed by atoms with van der Waals surface area (Å²) in [5.74, 6) is -0.677. The number of hydrogen-bond donors (Lipinski definition) is 1. The first-order valence-electron chi connectivity index (χ1n) is 6.18. The molecule has 1 unspecified atom stereocenters. The molecule has 1 N–H and O–H groups in total. The largest absolute Gasteiger partial charge is 0.480 e. The first-order valence-corrected chi connectivity index (χ1v) is 6.18. The Kier molecular flexibility index (Phi) is 5.77. The van der Waals surface area contributed by atoms with Gasteiger partial charge in [-0.25, -0.2) is 0 Å². The van der Waals surface area contributed by atoms with E-state index in [1.54, 1.807) is 7.11 Å². The molecule has 0 amide bonds. The molecule has 1 aliphatic heterocycles. The minimum atomic E-state index is -0.677. The van der Waals surface area contributed by atoms with Gasteiger partial charge in [0.15, 0.2) is 0 Å². The summed E-state index contributed by atoms with van der Waals surface area (Å²) in [6.45, 7) is 3.79. The lowest BCUT2D eigenvalue weighted by atomic mass is 10.0. The lowest BCUT2D eigenvalue weighted by molar-refractivity contribution is -0.144. The first kappa shape index (κ1) is 13.5. The van der Waals surface area contributed by atoms with Crippen molar-refractivity contribution in [3.05, 3.63) is 0 Å². The van der Waals surface area contributed by atoms with Crippen molar-refractivity contribution in [2.45, 2.75) is 51.2 Å². The van der Waals surface area contributed by atoms with Gasteiger partial charge in [0.1, 0.15) is 6.04 Å². The maximum absolute atomic E-state index is 11.2. The molecule has 0 radical (unpaired) electrons. The predicted molar refractivity (Wildman–Crippen MR) is 62.6 cm³/mol. The van der Waals surface area contributed by atoms with Crippen LogP contribution in [0.5, 0.6) is 0 Å². The molecule has 16 heavy (non-hydrogen) atoms. The number of piperidine rings is 1. The summed E-state index contributed by atoms with van der Waals surface area (Å²) in [6, 6.07) is -0.294. The molecule has 1 saturated heterocycles.